The monoisotopic (exact) mass is 331 g/mol. The highest BCUT2D eigenvalue weighted by molar-refractivity contribution is 7.99. The van der Waals surface area contributed by atoms with Gasteiger partial charge in [0.2, 0.25) is 0 Å². The summed E-state index contributed by atoms with van der Waals surface area (Å²) in [7, 11) is 0. The third kappa shape index (κ3) is 2.36. The molecule has 112 valence electrons. The number of anilines is 1. The van der Waals surface area contributed by atoms with Gasteiger partial charge in [0.15, 0.2) is 6.10 Å². The molecule has 0 aliphatic carbocycles. The number of halogens is 1. The third-order valence-corrected chi connectivity index (χ3v) is 5.25. The molecule has 22 heavy (non-hydrogen) atoms. The van der Waals surface area contributed by atoms with Crippen molar-refractivity contribution in [2.24, 2.45) is 0 Å². The average Bonchev–Trinajstić information content (AvgIpc) is 2.97. The largest absolute Gasteiger partial charge is 0.480 e. The molecule has 2 aliphatic rings. The highest BCUT2D eigenvalue weighted by atomic mass is 35.5. The molecule has 0 N–H and O–H groups in total. The Hall–Kier alpha value is -1.65. The summed E-state index contributed by atoms with van der Waals surface area (Å²) in [6.07, 6.45) is 0.196. The van der Waals surface area contributed by atoms with E-state index in [1.807, 2.05) is 47.4 Å². The predicted molar refractivity (Wildman–Crippen MR) is 89.1 cm³/mol. The molecule has 2 aromatic rings. The summed E-state index contributed by atoms with van der Waals surface area (Å²) in [6.45, 7) is 0.688. The lowest BCUT2D eigenvalue weighted by atomic mass is 10.1. The fourth-order valence-electron chi connectivity index (χ4n) is 2.91. The van der Waals surface area contributed by atoms with E-state index < -0.39 is 6.10 Å². The van der Waals surface area contributed by atoms with Crippen molar-refractivity contribution in [2.75, 3.05) is 17.2 Å². The van der Waals surface area contributed by atoms with E-state index in [2.05, 4.69) is 0 Å². The summed E-state index contributed by atoms with van der Waals surface area (Å²) < 4.78 is 5.84. The van der Waals surface area contributed by atoms with Crippen LogP contribution in [0.3, 0.4) is 0 Å². The number of amides is 1. The van der Waals surface area contributed by atoms with Crippen LogP contribution in [-0.4, -0.2) is 24.3 Å². The number of fused-ring (bicyclic) bond motifs is 2. The Labute approximate surface area is 138 Å². The number of hydrogen-bond donors (Lipinski definition) is 0. The Morgan fingerprint density at radius 3 is 3.00 bits per heavy atom. The first kappa shape index (κ1) is 14.0. The lowest BCUT2D eigenvalue weighted by Crippen LogP contribution is -2.44. The van der Waals surface area contributed by atoms with Crippen LogP contribution in [0.25, 0.3) is 0 Å². The van der Waals surface area contributed by atoms with Gasteiger partial charge < -0.3 is 9.64 Å². The number of nitrogens with zero attached hydrogens (tertiary/aromatic N) is 1. The van der Waals surface area contributed by atoms with Crippen LogP contribution < -0.4 is 9.64 Å². The van der Waals surface area contributed by atoms with Crippen LogP contribution in [0.1, 0.15) is 5.56 Å². The highest BCUT2D eigenvalue weighted by Gasteiger charge is 2.34. The molecule has 1 amide bonds. The van der Waals surface area contributed by atoms with E-state index >= 15 is 0 Å². The quantitative estimate of drug-likeness (QED) is 0.796. The van der Waals surface area contributed by atoms with E-state index in [9.17, 15) is 4.79 Å². The van der Waals surface area contributed by atoms with Gasteiger partial charge in [-0.3, -0.25) is 4.79 Å². The maximum atomic E-state index is 12.9. The van der Waals surface area contributed by atoms with Gasteiger partial charge in [-0.25, -0.2) is 0 Å². The molecule has 0 spiro atoms. The Morgan fingerprint density at radius 2 is 2.14 bits per heavy atom. The van der Waals surface area contributed by atoms with Gasteiger partial charge in [-0.05, 0) is 29.8 Å². The second kappa shape index (κ2) is 5.52. The van der Waals surface area contributed by atoms with Gasteiger partial charge in [0, 0.05) is 28.6 Å². The molecule has 3 nitrogen and oxygen atoms in total. The maximum absolute atomic E-state index is 12.9. The van der Waals surface area contributed by atoms with Crippen LogP contribution in [0.2, 0.25) is 5.02 Å². The number of para-hydroxylation sites is 1. The minimum atomic E-state index is -0.438. The number of benzene rings is 2. The number of ether oxygens (including phenoxy) is 1. The molecule has 0 radical (unpaired) electrons. The molecule has 1 atom stereocenters. The summed E-state index contributed by atoms with van der Waals surface area (Å²) in [5, 5.41) is 0.648. The topological polar surface area (TPSA) is 29.5 Å². The fraction of sp³-hybridized carbons (Fsp3) is 0.235. The highest BCUT2D eigenvalue weighted by Crippen LogP contribution is 2.38. The zero-order valence-electron chi connectivity index (χ0n) is 11.8. The standard InChI is InChI=1S/C17H14ClNO2S/c18-12-5-6-16-13(10-12)19(7-8-22-16)17(20)15-9-11-3-1-2-4-14(11)21-15/h1-6,10,15H,7-9H2. The van der Waals surface area contributed by atoms with Gasteiger partial charge in [-0.1, -0.05) is 29.8 Å². The summed E-state index contributed by atoms with van der Waals surface area (Å²) in [6, 6.07) is 13.5. The first-order valence-electron chi connectivity index (χ1n) is 7.21. The summed E-state index contributed by atoms with van der Waals surface area (Å²) >= 11 is 7.86. The molecule has 2 aromatic carbocycles. The molecular weight excluding hydrogens is 318 g/mol. The van der Waals surface area contributed by atoms with Gasteiger partial charge in [0.05, 0.1) is 5.69 Å². The zero-order valence-corrected chi connectivity index (χ0v) is 13.4. The van der Waals surface area contributed by atoms with Crippen LogP contribution in [0.15, 0.2) is 47.4 Å². The molecule has 0 saturated carbocycles. The van der Waals surface area contributed by atoms with Gasteiger partial charge >= 0.3 is 0 Å². The first-order chi connectivity index (χ1) is 10.7. The van der Waals surface area contributed by atoms with E-state index in [0.717, 1.165) is 27.6 Å². The summed E-state index contributed by atoms with van der Waals surface area (Å²) in [5.41, 5.74) is 1.99. The van der Waals surface area contributed by atoms with E-state index in [-0.39, 0.29) is 5.91 Å². The third-order valence-electron chi connectivity index (χ3n) is 3.97. The van der Waals surface area contributed by atoms with Crippen molar-refractivity contribution < 1.29 is 9.53 Å². The lowest BCUT2D eigenvalue weighted by molar-refractivity contribution is -0.124. The van der Waals surface area contributed by atoms with E-state index in [1.165, 1.54) is 0 Å². The SMILES string of the molecule is O=C(C1Cc2ccccc2O1)N1CCSc2ccc(Cl)cc21. The molecule has 2 aliphatic heterocycles. The van der Waals surface area contributed by atoms with Crippen LogP contribution in [0.4, 0.5) is 5.69 Å². The smallest absolute Gasteiger partial charge is 0.268 e. The van der Waals surface area contributed by atoms with Crippen molar-refractivity contribution in [2.45, 2.75) is 17.4 Å². The number of carbonyl (C=O) groups excluding carboxylic acids is 1. The number of rotatable bonds is 1. The number of thioether (sulfide) groups is 1. The minimum absolute atomic E-state index is 0.0139. The molecular formula is C17H14ClNO2S. The van der Waals surface area contributed by atoms with E-state index in [1.54, 1.807) is 11.8 Å². The average molecular weight is 332 g/mol. The number of hydrogen-bond acceptors (Lipinski definition) is 3. The second-order valence-corrected chi connectivity index (χ2v) is 6.94. The molecule has 0 saturated heterocycles. The van der Waals surface area contributed by atoms with Crippen molar-refractivity contribution in [1.29, 1.82) is 0 Å². The molecule has 0 aromatic heterocycles. The Balaban J connectivity index is 1.62. The Morgan fingerprint density at radius 1 is 1.27 bits per heavy atom. The Bertz CT molecular complexity index is 724. The van der Waals surface area contributed by atoms with Crippen molar-refractivity contribution in [3.63, 3.8) is 0 Å². The minimum Gasteiger partial charge on any atom is -0.480 e. The van der Waals surface area contributed by atoms with E-state index in [0.29, 0.717) is 18.0 Å². The normalized spacial score (nSPS) is 19.3. The molecule has 4 rings (SSSR count). The van der Waals surface area contributed by atoms with Crippen molar-refractivity contribution >= 4 is 35.0 Å². The van der Waals surface area contributed by atoms with Crippen molar-refractivity contribution in [1.82, 2.24) is 0 Å². The van der Waals surface area contributed by atoms with Crippen LogP contribution in [-0.2, 0) is 11.2 Å². The maximum Gasteiger partial charge on any atom is 0.268 e. The lowest BCUT2D eigenvalue weighted by Gasteiger charge is -2.30. The van der Waals surface area contributed by atoms with Crippen LogP contribution in [0.5, 0.6) is 5.75 Å². The molecule has 5 heteroatoms. The van der Waals surface area contributed by atoms with Gasteiger partial charge in [0.1, 0.15) is 5.75 Å². The molecule has 1 unspecified atom stereocenters. The molecule has 2 heterocycles. The predicted octanol–water partition coefficient (Wildman–Crippen LogP) is 3.78. The van der Waals surface area contributed by atoms with Gasteiger partial charge in [-0.15, -0.1) is 11.8 Å². The van der Waals surface area contributed by atoms with E-state index in [4.69, 9.17) is 16.3 Å². The number of carbonyl (C=O) groups is 1. The summed E-state index contributed by atoms with van der Waals surface area (Å²) in [4.78, 5) is 15.8. The van der Waals surface area contributed by atoms with Crippen LogP contribution >= 0.6 is 23.4 Å². The molecule has 0 fully saturated rings. The second-order valence-electron chi connectivity index (χ2n) is 5.37. The zero-order chi connectivity index (χ0) is 15.1. The van der Waals surface area contributed by atoms with Crippen molar-refractivity contribution in [3.8, 4) is 5.75 Å². The molecule has 0 bridgehead atoms. The van der Waals surface area contributed by atoms with Crippen LogP contribution in [0, 0.1) is 0 Å². The van der Waals surface area contributed by atoms with Gasteiger partial charge in [-0.2, -0.15) is 0 Å². The fourth-order valence-corrected chi connectivity index (χ4v) is 4.05. The van der Waals surface area contributed by atoms with Gasteiger partial charge in [0.25, 0.3) is 5.91 Å². The summed E-state index contributed by atoms with van der Waals surface area (Å²) in [5.74, 6) is 1.72. The Kier molecular flexibility index (Phi) is 3.51. The first-order valence-corrected chi connectivity index (χ1v) is 8.57. The van der Waals surface area contributed by atoms with Crippen molar-refractivity contribution in [3.05, 3.63) is 53.1 Å².